The average molecular weight is 242 g/mol. The molecule has 2 rings (SSSR count). The maximum atomic E-state index is 9.27. The molecule has 18 heavy (non-hydrogen) atoms. The van der Waals surface area contributed by atoms with Gasteiger partial charge in [0.05, 0.1) is 0 Å². The van der Waals surface area contributed by atoms with E-state index >= 15 is 0 Å². The molecule has 0 radical (unpaired) electrons. The Bertz CT molecular complexity index is 491. The van der Waals surface area contributed by atoms with Crippen LogP contribution in [0.4, 0.5) is 11.4 Å². The van der Waals surface area contributed by atoms with Gasteiger partial charge >= 0.3 is 0 Å². The van der Waals surface area contributed by atoms with Crippen molar-refractivity contribution in [2.75, 3.05) is 17.2 Å². The first kappa shape index (κ1) is 12.3. The van der Waals surface area contributed by atoms with E-state index < -0.39 is 0 Å². The molecule has 0 aliphatic rings. The predicted octanol–water partition coefficient (Wildman–Crippen LogP) is 3.00. The molecule has 0 unspecified atom stereocenters. The fourth-order valence-electron chi connectivity index (χ4n) is 1.89. The molecule has 0 aliphatic heterocycles. The number of rotatable bonds is 4. The minimum atomic E-state index is 0.300. The summed E-state index contributed by atoms with van der Waals surface area (Å²) in [5.41, 5.74) is 8.79. The molecule has 3 N–H and O–H groups in total. The van der Waals surface area contributed by atoms with Gasteiger partial charge in [-0.2, -0.15) is 0 Å². The summed E-state index contributed by atoms with van der Waals surface area (Å²) in [5, 5.41) is 9.27. The van der Waals surface area contributed by atoms with E-state index in [1.165, 1.54) is 5.56 Å². The van der Waals surface area contributed by atoms with Gasteiger partial charge in [-0.15, -0.1) is 0 Å². The summed E-state index contributed by atoms with van der Waals surface area (Å²) in [5.74, 6) is 0.300. The van der Waals surface area contributed by atoms with Crippen LogP contribution >= 0.6 is 0 Å². The molecule has 2 aromatic rings. The molecule has 0 bridgehead atoms. The lowest BCUT2D eigenvalue weighted by Gasteiger charge is -2.23. The molecular formula is C15H18N2O. The van der Waals surface area contributed by atoms with Crippen molar-refractivity contribution in [2.24, 2.45) is 0 Å². The Morgan fingerprint density at radius 3 is 2.17 bits per heavy atom. The quantitative estimate of drug-likeness (QED) is 0.810. The Hall–Kier alpha value is -2.16. The molecule has 3 nitrogen and oxygen atoms in total. The smallest absolute Gasteiger partial charge is 0.115 e. The molecule has 3 heteroatoms. The lowest BCUT2D eigenvalue weighted by molar-refractivity contribution is 0.475. The number of nitrogens with two attached hydrogens (primary N) is 1. The van der Waals surface area contributed by atoms with Crippen molar-refractivity contribution in [2.45, 2.75) is 13.5 Å². The lowest BCUT2D eigenvalue weighted by atomic mass is 10.2. The van der Waals surface area contributed by atoms with Crippen LogP contribution in [0.15, 0.2) is 48.5 Å². The van der Waals surface area contributed by atoms with Gasteiger partial charge in [0.15, 0.2) is 0 Å². The zero-order valence-electron chi connectivity index (χ0n) is 10.5. The molecule has 0 saturated carbocycles. The molecule has 0 heterocycles. The minimum absolute atomic E-state index is 0.300. The van der Waals surface area contributed by atoms with E-state index in [1.807, 2.05) is 36.4 Å². The van der Waals surface area contributed by atoms with Crippen molar-refractivity contribution in [3.05, 3.63) is 54.1 Å². The van der Waals surface area contributed by atoms with Crippen LogP contribution in [0.5, 0.6) is 5.75 Å². The summed E-state index contributed by atoms with van der Waals surface area (Å²) in [7, 11) is 0. The summed E-state index contributed by atoms with van der Waals surface area (Å²) in [6, 6.07) is 15.2. The summed E-state index contributed by atoms with van der Waals surface area (Å²) >= 11 is 0. The standard InChI is InChI=1S/C15H18N2O/c1-2-17(14-7-5-13(16)6-8-14)11-12-3-9-15(18)10-4-12/h3-10,18H,2,11,16H2,1H3. The van der Waals surface area contributed by atoms with E-state index in [2.05, 4.69) is 11.8 Å². The summed E-state index contributed by atoms with van der Waals surface area (Å²) in [6.07, 6.45) is 0. The molecule has 0 spiro atoms. The largest absolute Gasteiger partial charge is 0.508 e. The van der Waals surface area contributed by atoms with Crippen molar-refractivity contribution in [3.63, 3.8) is 0 Å². The Labute approximate surface area is 107 Å². The second-order valence-electron chi connectivity index (χ2n) is 4.27. The van der Waals surface area contributed by atoms with Crippen LogP contribution in [0.1, 0.15) is 12.5 Å². The normalized spacial score (nSPS) is 10.3. The van der Waals surface area contributed by atoms with Crippen LogP contribution in [-0.2, 0) is 6.54 Å². The van der Waals surface area contributed by atoms with E-state index in [1.54, 1.807) is 12.1 Å². The molecule has 0 aliphatic carbocycles. The number of nitrogens with zero attached hydrogens (tertiary/aromatic N) is 1. The fourth-order valence-corrected chi connectivity index (χ4v) is 1.89. The number of phenols is 1. The highest BCUT2D eigenvalue weighted by molar-refractivity contribution is 5.53. The molecule has 0 amide bonds. The second kappa shape index (κ2) is 5.45. The van der Waals surface area contributed by atoms with Crippen LogP contribution in [-0.4, -0.2) is 11.7 Å². The second-order valence-corrected chi connectivity index (χ2v) is 4.27. The first-order chi connectivity index (χ1) is 8.69. The third-order valence-electron chi connectivity index (χ3n) is 2.95. The van der Waals surface area contributed by atoms with E-state index in [-0.39, 0.29) is 0 Å². The first-order valence-electron chi connectivity index (χ1n) is 6.07. The van der Waals surface area contributed by atoms with E-state index in [0.29, 0.717) is 5.75 Å². The van der Waals surface area contributed by atoms with Crippen molar-refractivity contribution >= 4 is 11.4 Å². The number of aromatic hydroxyl groups is 1. The van der Waals surface area contributed by atoms with E-state index in [4.69, 9.17) is 5.73 Å². The fraction of sp³-hybridized carbons (Fsp3) is 0.200. The van der Waals surface area contributed by atoms with E-state index in [0.717, 1.165) is 24.5 Å². The van der Waals surface area contributed by atoms with Gasteiger partial charge in [-0.1, -0.05) is 12.1 Å². The van der Waals surface area contributed by atoms with Crippen molar-refractivity contribution in [1.29, 1.82) is 0 Å². The highest BCUT2D eigenvalue weighted by atomic mass is 16.3. The lowest BCUT2D eigenvalue weighted by Crippen LogP contribution is -2.21. The third-order valence-corrected chi connectivity index (χ3v) is 2.95. The zero-order chi connectivity index (χ0) is 13.0. The predicted molar refractivity (Wildman–Crippen MR) is 75.7 cm³/mol. The van der Waals surface area contributed by atoms with Crippen molar-refractivity contribution in [1.82, 2.24) is 0 Å². The Kier molecular flexibility index (Phi) is 3.72. The van der Waals surface area contributed by atoms with Gasteiger partial charge in [0.1, 0.15) is 5.75 Å². The number of anilines is 2. The zero-order valence-corrected chi connectivity index (χ0v) is 10.5. The molecule has 0 fully saturated rings. The molecule has 0 aromatic heterocycles. The van der Waals surface area contributed by atoms with Crippen molar-refractivity contribution in [3.8, 4) is 5.75 Å². The van der Waals surface area contributed by atoms with Crippen molar-refractivity contribution < 1.29 is 5.11 Å². The highest BCUT2D eigenvalue weighted by Crippen LogP contribution is 2.19. The van der Waals surface area contributed by atoms with Gasteiger partial charge in [-0.05, 0) is 48.9 Å². The van der Waals surface area contributed by atoms with Crippen LogP contribution in [0.25, 0.3) is 0 Å². The topological polar surface area (TPSA) is 49.5 Å². The maximum Gasteiger partial charge on any atom is 0.115 e. The summed E-state index contributed by atoms with van der Waals surface area (Å²) in [6.45, 7) is 3.86. The molecule has 0 atom stereocenters. The number of phenolic OH excluding ortho intramolecular Hbond substituents is 1. The number of benzene rings is 2. The first-order valence-corrected chi connectivity index (χ1v) is 6.07. The van der Waals surface area contributed by atoms with Crippen LogP contribution < -0.4 is 10.6 Å². The van der Waals surface area contributed by atoms with Gasteiger partial charge in [0.25, 0.3) is 0 Å². The Balaban J connectivity index is 2.14. The molecular weight excluding hydrogens is 224 g/mol. The Morgan fingerprint density at radius 1 is 1.00 bits per heavy atom. The van der Waals surface area contributed by atoms with Gasteiger partial charge in [0, 0.05) is 24.5 Å². The minimum Gasteiger partial charge on any atom is -0.508 e. The third kappa shape index (κ3) is 2.94. The average Bonchev–Trinajstić information content (AvgIpc) is 2.39. The van der Waals surface area contributed by atoms with Gasteiger partial charge in [0.2, 0.25) is 0 Å². The number of nitrogen functional groups attached to an aromatic ring is 1. The van der Waals surface area contributed by atoms with Crippen LogP contribution in [0, 0.1) is 0 Å². The van der Waals surface area contributed by atoms with Crippen LogP contribution in [0.3, 0.4) is 0 Å². The van der Waals surface area contributed by atoms with Gasteiger partial charge < -0.3 is 15.7 Å². The van der Waals surface area contributed by atoms with Gasteiger partial charge in [-0.25, -0.2) is 0 Å². The van der Waals surface area contributed by atoms with Gasteiger partial charge in [-0.3, -0.25) is 0 Å². The monoisotopic (exact) mass is 242 g/mol. The van der Waals surface area contributed by atoms with E-state index in [9.17, 15) is 5.11 Å². The highest BCUT2D eigenvalue weighted by Gasteiger charge is 2.05. The molecule has 0 saturated heterocycles. The summed E-state index contributed by atoms with van der Waals surface area (Å²) in [4.78, 5) is 2.26. The number of hydrogen-bond donors (Lipinski definition) is 2. The summed E-state index contributed by atoms with van der Waals surface area (Å²) < 4.78 is 0. The number of hydrogen-bond acceptors (Lipinski definition) is 3. The van der Waals surface area contributed by atoms with Crippen LogP contribution in [0.2, 0.25) is 0 Å². The molecule has 94 valence electrons. The Morgan fingerprint density at radius 2 is 1.61 bits per heavy atom. The molecule has 2 aromatic carbocycles. The SMILES string of the molecule is CCN(Cc1ccc(O)cc1)c1ccc(N)cc1. The maximum absolute atomic E-state index is 9.27.